The first-order valence-electron chi connectivity index (χ1n) is 10.5. The number of aliphatic carboxylic acids is 1. The minimum Gasteiger partial charge on any atom is -0.481 e. The smallest absolute Gasteiger partial charge is 0.320 e. The van der Waals surface area contributed by atoms with Crippen LogP contribution in [0.2, 0.25) is 0 Å². The zero-order valence-electron chi connectivity index (χ0n) is 18.0. The number of carboxylic acid groups (broad SMARTS) is 1. The molecule has 1 amide bonds. The van der Waals surface area contributed by atoms with E-state index in [1.54, 1.807) is 13.0 Å². The lowest BCUT2D eigenvalue weighted by atomic mass is 9.87. The third-order valence-corrected chi connectivity index (χ3v) is 5.38. The Hall–Kier alpha value is -4.09. The van der Waals surface area contributed by atoms with Crippen LogP contribution in [0, 0.1) is 24.5 Å². The Bertz CT molecular complexity index is 1210. The van der Waals surface area contributed by atoms with Gasteiger partial charge in [0.05, 0.1) is 17.8 Å². The van der Waals surface area contributed by atoms with Gasteiger partial charge in [0.1, 0.15) is 6.10 Å². The highest BCUT2D eigenvalue weighted by Gasteiger charge is 2.27. The second-order valence-corrected chi connectivity index (χ2v) is 7.90. The van der Waals surface area contributed by atoms with Crippen LogP contribution in [0.25, 0.3) is 0 Å². The summed E-state index contributed by atoms with van der Waals surface area (Å²) in [4.78, 5) is 27.8. The number of benzene rings is 1. The van der Waals surface area contributed by atoms with Gasteiger partial charge in [-0.1, -0.05) is 5.10 Å². The number of nitrogens with one attached hydrogen (secondary N) is 2. The van der Waals surface area contributed by atoms with E-state index >= 15 is 0 Å². The highest BCUT2D eigenvalue weighted by molar-refractivity contribution is 6.00. The molecule has 1 aromatic carbocycles. The number of anilines is 3. The number of carbonyl (C=O) groups is 2. The summed E-state index contributed by atoms with van der Waals surface area (Å²) in [5.74, 6) is -3.78. The van der Waals surface area contributed by atoms with Crippen molar-refractivity contribution in [2.24, 2.45) is 5.92 Å². The summed E-state index contributed by atoms with van der Waals surface area (Å²) in [5, 5.41) is 21.6. The number of hydrogen-bond acceptors (Lipinski definition) is 8. The summed E-state index contributed by atoms with van der Waals surface area (Å²) in [6.45, 7) is 1.78. The number of carboxylic acids is 1. The maximum Gasteiger partial charge on any atom is 0.320 e. The number of carbonyl (C=O) groups excluding carboxylic acids is 1. The molecule has 34 heavy (non-hydrogen) atoms. The molecule has 0 atom stereocenters. The van der Waals surface area contributed by atoms with Gasteiger partial charge in [0, 0.05) is 17.3 Å². The van der Waals surface area contributed by atoms with Crippen LogP contribution in [0.3, 0.4) is 0 Å². The number of pyridine rings is 1. The van der Waals surface area contributed by atoms with Crippen LogP contribution in [0.1, 0.15) is 41.9 Å². The van der Waals surface area contributed by atoms with Gasteiger partial charge in [-0.2, -0.15) is 0 Å². The number of aromatic nitrogens is 3. The molecule has 3 N–H and O–H groups in total. The van der Waals surface area contributed by atoms with Crippen molar-refractivity contribution in [3.8, 4) is 5.88 Å². The fourth-order valence-corrected chi connectivity index (χ4v) is 3.59. The van der Waals surface area contributed by atoms with Gasteiger partial charge in [0.15, 0.2) is 11.6 Å². The molecule has 10 nitrogen and oxygen atoms in total. The first-order valence-corrected chi connectivity index (χ1v) is 10.5. The van der Waals surface area contributed by atoms with Crippen LogP contribution in [0.15, 0.2) is 34.9 Å². The SMILES string of the molecule is Cc1cc(NC(=O)c2nnc(Nc3ccc(F)c(F)c3)o2)cnc1O[C@H]1CC[C@H](C(=O)O)CC1. The van der Waals surface area contributed by atoms with E-state index in [4.69, 9.17) is 14.3 Å². The van der Waals surface area contributed by atoms with Gasteiger partial charge in [-0.3, -0.25) is 9.59 Å². The maximum absolute atomic E-state index is 13.3. The van der Waals surface area contributed by atoms with Crippen LogP contribution >= 0.6 is 0 Å². The molecule has 1 aliphatic rings. The minimum atomic E-state index is -1.05. The summed E-state index contributed by atoms with van der Waals surface area (Å²) >= 11 is 0. The molecule has 1 aliphatic carbocycles. The third kappa shape index (κ3) is 5.45. The fraction of sp³-hybridized carbons (Fsp3) is 0.318. The summed E-state index contributed by atoms with van der Waals surface area (Å²) in [7, 11) is 0. The van der Waals surface area contributed by atoms with Crippen molar-refractivity contribution in [1.29, 1.82) is 0 Å². The van der Waals surface area contributed by atoms with Gasteiger partial charge in [0.25, 0.3) is 0 Å². The number of rotatable bonds is 7. The van der Waals surface area contributed by atoms with Crippen LogP contribution in [0.4, 0.5) is 26.2 Å². The Balaban J connectivity index is 1.34. The lowest BCUT2D eigenvalue weighted by Crippen LogP contribution is -2.28. The molecule has 0 bridgehead atoms. The van der Waals surface area contributed by atoms with Gasteiger partial charge in [-0.25, -0.2) is 13.8 Å². The largest absolute Gasteiger partial charge is 0.481 e. The summed E-state index contributed by atoms with van der Waals surface area (Å²) in [6.07, 6.45) is 3.69. The standard InChI is InChI=1S/C22H21F2N5O5/c1-11-8-14(10-25-19(11)33-15-5-2-12(3-6-15)21(31)32)26-18(30)20-28-29-22(34-20)27-13-4-7-16(23)17(24)9-13/h4,7-10,12,15H,2-3,5-6H2,1H3,(H,26,30)(H,27,29)(H,31,32)/t12-,15-. The van der Waals surface area contributed by atoms with Crippen molar-refractivity contribution in [1.82, 2.24) is 15.2 Å². The number of halogens is 2. The average Bonchev–Trinajstić information content (AvgIpc) is 3.27. The Morgan fingerprint density at radius 1 is 1.09 bits per heavy atom. The van der Waals surface area contributed by atoms with E-state index in [-0.39, 0.29) is 29.6 Å². The van der Waals surface area contributed by atoms with E-state index in [0.29, 0.717) is 42.8 Å². The van der Waals surface area contributed by atoms with Crippen molar-refractivity contribution in [2.75, 3.05) is 10.6 Å². The molecule has 1 fully saturated rings. The van der Waals surface area contributed by atoms with E-state index in [0.717, 1.165) is 12.1 Å². The third-order valence-electron chi connectivity index (χ3n) is 5.38. The van der Waals surface area contributed by atoms with E-state index in [1.807, 2.05) is 0 Å². The van der Waals surface area contributed by atoms with Crippen LogP contribution in [-0.4, -0.2) is 38.3 Å². The number of hydrogen-bond donors (Lipinski definition) is 3. The van der Waals surface area contributed by atoms with E-state index in [9.17, 15) is 18.4 Å². The van der Waals surface area contributed by atoms with Gasteiger partial charge < -0.3 is 24.9 Å². The lowest BCUT2D eigenvalue weighted by Gasteiger charge is -2.26. The Morgan fingerprint density at radius 3 is 2.53 bits per heavy atom. The molecule has 3 aromatic rings. The molecule has 0 aliphatic heterocycles. The molecule has 2 aromatic heterocycles. The van der Waals surface area contributed by atoms with E-state index in [2.05, 4.69) is 25.8 Å². The number of nitrogens with zero attached hydrogens (tertiary/aromatic N) is 3. The average molecular weight is 473 g/mol. The Morgan fingerprint density at radius 2 is 1.85 bits per heavy atom. The maximum atomic E-state index is 13.3. The van der Waals surface area contributed by atoms with Gasteiger partial charge in [-0.15, -0.1) is 5.10 Å². The highest BCUT2D eigenvalue weighted by Crippen LogP contribution is 2.29. The molecule has 0 spiro atoms. The molecule has 0 unspecified atom stereocenters. The molecule has 2 heterocycles. The van der Waals surface area contributed by atoms with Crippen LogP contribution in [0.5, 0.6) is 5.88 Å². The molecule has 178 valence electrons. The second kappa shape index (κ2) is 9.81. The van der Waals surface area contributed by atoms with Crippen molar-refractivity contribution >= 4 is 29.3 Å². The van der Waals surface area contributed by atoms with Crippen molar-refractivity contribution in [3.05, 3.63) is 53.6 Å². The van der Waals surface area contributed by atoms with Crippen molar-refractivity contribution in [2.45, 2.75) is 38.7 Å². The predicted octanol–water partition coefficient (Wildman–Crippen LogP) is 4.07. The zero-order chi connectivity index (χ0) is 24.2. The second-order valence-electron chi connectivity index (χ2n) is 7.90. The van der Waals surface area contributed by atoms with Crippen molar-refractivity contribution < 1.29 is 32.6 Å². The normalized spacial score (nSPS) is 17.7. The van der Waals surface area contributed by atoms with Gasteiger partial charge in [0.2, 0.25) is 5.88 Å². The number of ether oxygens (including phenoxy) is 1. The number of amides is 1. The molecule has 4 rings (SSSR count). The molecular formula is C22H21F2N5O5. The minimum absolute atomic E-state index is 0.110. The molecule has 0 radical (unpaired) electrons. The molecule has 12 heteroatoms. The Labute approximate surface area is 192 Å². The first-order chi connectivity index (χ1) is 16.3. The predicted molar refractivity (Wildman–Crippen MR) is 115 cm³/mol. The van der Waals surface area contributed by atoms with Crippen LogP contribution < -0.4 is 15.4 Å². The van der Waals surface area contributed by atoms with E-state index < -0.39 is 23.5 Å². The Kier molecular flexibility index (Phi) is 6.66. The zero-order valence-corrected chi connectivity index (χ0v) is 18.0. The highest BCUT2D eigenvalue weighted by atomic mass is 19.2. The summed E-state index contributed by atoms with van der Waals surface area (Å²) in [5.41, 5.74) is 1.23. The molecule has 0 saturated heterocycles. The molecule has 1 saturated carbocycles. The quantitative estimate of drug-likeness (QED) is 0.463. The molecular weight excluding hydrogens is 452 g/mol. The van der Waals surface area contributed by atoms with E-state index in [1.165, 1.54) is 12.3 Å². The fourth-order valence-electron chi connectivity index (χ4n) is 3.59. The summed E-state index contributed by atoms with van der Waals surface area (Å²) < 4.78 is 37.5. The van der Waals surface area contributed by atoms with Crippen molar-refractivity contribution in [3.63, 3.8) is 0 Å². The summed E-state index contributed by atoms with van der Waals surface area (Å²) in [6, 6.07) is 4.62. The first kappa shape index (κ1) is 23.1. The van der Waals surface area contributed by atoms with Gasteiger partial charge >= 0.3 is 23.8 Å². The monoisotopic (exact) mass is 473 g/mol. The van der Waals surface area contributed by atoms with Crippen LogP contribution in [-0.2, 0) is 4.79 Å². The lowest BCUT2D eigenvalue weighted by molar-refractivity contribution is -0.143. The van der Waals surface area contributed by atoms with Gasteiger partial charge in [-0.05, 0) is 50.8 Å². The number of aryl methyl sites for hydroxylation is 1. The topological polar surface area (TPSA) is 139 Å².